The number of carbonyl (C=O) groups excluding carboxylic acids is 2. The highest BCUT2D eigenvalue weighted by atomic mass is 32.1. The molecule has 0 saturated heterocycles. The molecule has 2 amide bonds. The standard InChI is InChI=1S/C23H20N4O5S/c1-14(28)24-15-6-5-7-16(12-15)25-20(29)13-26-18-10-11-33-21(18)22(30)27(23(26)31)17-8-3-4-9-19(17)32-2/h3-12H,13H2,1-2H3,(H,24,28)(H,25,29). The summed E-state index contributed by atoms with van der Waals surface area (Å²) in [4.78, 5) is 50.6. The van der Waals surface area contributed by atoms with Crippen molar-refractivity contribution in [1.82, 2.24) is 9.13 Å². The van der Waals surface area contributed by atoms with Crippen LogP contribution in [0.5, 0.6) is 5.75 Å². The molecule has 2 aromatic carbocycles. The lowest BCUT2D eigenvalue weighted by molar-refractivity contribution is -0.117. The summed E-state index contributed by atoms with van der Waals surface area (Å²) in [6.45, 7) is 1.08. The number of rotatable bonds is 6. The molecule has 0 aliphatic carbocycles. The summed E-state index contributed by atoms with van der Waals surface area (Å²) in [6.07, 6.45) is 0. The molecule has 10 heteroatoms. The van der Waals surface area contributed by atoms with E-state index in [0.29, 0.717) is 33.0 Å². The van der Waals surface area contributed by atoms with Crippen molar-refractivity contribution in [2.75, 3.05) is 17.7 Å². The van der Waals surface area contributed by atoms with Crippen molar-refractivity contribution in [2.24, 2.45) is 0 Å². The third kappa shape index (κ3) is 4.41. The van der Waals surface area contributed by atoms with E-state index in [0.717, 1.165) is 4.57 Å². The van der Waals surface area contributed by atoms with Crippen LogP contribution in [-0.4, -0.2) is 28.1 Å². The second-order valence-corrected chi connectivity index (χ2v) is 8.04. The van der Waals surface area contributed by atoms with Gasteiger partial charge in [0, 0.05) is 18.3 Å². The topological polar surface area (TPSA) is 111 Å². The second kappa shape index (κ2) is 9.13. The fourth-order valence-electron chi connectivity index (χ4n) is 3.49. The number of thiophene rings is 1. The van der Waals surface area contributed by atoms with Gasteiger partial charge >= 0.3 is 5.69 Å². The van der Waals surface area contributed by atoms with E-state index in [1.54, 1.807) is 60.0 Å². The number of fused-ring (bicyclic) bond motifs is 1. The maximum atomic E-state index is 13.4. The van der Waals surface area contributed by atoms with E-state index in [2.05, 4.69) is 10.6 Å². The third-order valence-corrected chi connectivity index (χ3v) is 5.74. The van der Waals surface area contributed by atoms with E-state index in [1.807, 2.05) is 0 Å². The van der Waals surface area contributed by atoms with Gasteiger partial charge < -0.3 is 15.4 Å². The SMILES string of the molecule is COc1ccccc1-n1c(=O)c2sccc2n(CC(=O)Nc2cccc(NC(C)=O)c2)c1=O. The highest BCUT2D eigenvalue weighted by Crippen LogP contribution is 2.22. The van der Waals surface area contributed by atoms with Gasteiger partial charge in [-0.3, -0.25) is 19.0 Å². The number of amides is 2. The summed E-state index contributed by atoms with van der Waals surface area (Å²) in [5.41, 5.74) is 0.527. The van der Waals surface area contributed by atoms with E-state index in [4.69, 9.17) is 4.74 Å². The van der Waals surface area contributed by atoms with Crippen LogP contribution < -0.4 is 26.6 Å². The minimum absolute atomic E-state index is 0.233. The lowest BCUT2D eigenvalue weighted by Crippen LogP contribution is -2.40. The van der Waals surface area contributed by atoms with Crippen molar-refractivity contribution >= 4 is 44.7 Å². The van der Waals surface area contributed by atoms with Crippen LogP contribution in [0.2, 0.25) is 0 Å². The molecule has 2 N–H and O–H groups in total. The van der Waals surface area contributed by atoms with Crippen LogP contribution in [0.3, 0.4) is 0 Å². The first-order valence-electron chi connectivity index (χ1n) is 9.93. The summed E-state index contributed by atoms with van der Waals surface area (Å²) in [5, 5.41) is 7.07. The number of anilines is 2. The lowest BCUT2D eigenvalue weighted by atomic mass is 10.2. The number of hydrogen-bond donors (Lipinski definition) is 2. The van der Waals surface area contributed by atoms with Gasteiger partial charge in [-0.1, -0.05) is 18.2 Å². The number of carbonyl (C=O) groups is 2. The molecule has 2 heterocycles. The Labute approximate surface area is 191 Å². The number of hydrogen-bond acceptors (Lipinski definition) is 6. The minimum Gasteiger partial charge on any atom is -0.495 e. The van der Waals surface area contributed by atoms with Crippen molar-refractivity contribution < 1.29 is 14.3 Å². The predicted molar refractivity (Wildman–Crippen MR) is 128 cm³/mol. The molecule has 4 aromatic rings. The molecule has 2 aromatic heterocycles. The molecule has 4 rings (SSSR count). The van der Waals surface area contributed by atoms with Crippen molar-refractivity contribution in [3.63, 3.8) is 0 Å². The van der Waals surface area contributed by atoms with E-state index in [9.17, 15) is 19.2 Å². The van der Waals surface area contributed by atoms with Gasteiger partial charge in [0.2, 0.25) is 11.8 Å². The zero-order valence-corrected chi connectivity index (χ0v) is 18.6. The molecule has 0 fully saturated rings. The van der Waals surface area contributed by atoms with Gasteiger partial charge in [0.05, 0.1) is 18.3 Å². The van der Waals surface area contributed by atoms with Crippen molar-refractivity contribution in [2.45, 2.75) is 13.5 Å². The third-order valence-electron chi connectivity index (χ3n) is 4.85. The van der Waals surface area contributed by atoms with E-state index >= 15 is 0 Å². The maximum Gasteiger partial charge on any atom is 0.336 e. The average Bonchev–Trinajstić information content (AvgIpc) is 3.27. The highest BCUT2D eigenvalue weighted by Gasteiger charge is 2.19. The lowest BCUT2D eigenvalue weighted by Gasteiger charge is -2.14. The van der Waals surface area contributed by atoms with E-state index in [1.165, 1.54) is 29.9 Å². The molecule has 33 heavy (non-hydrogen) atoms. The van der Waals surface area contributed by atoms with Crippen molar-refractivity contribution in [3.05, 3.63) is 80.8 Å². The van der Waals surface area contributed by atoms with Crippen LogP contribution in [0.15, 0.2) is 69.6 Å². The monoisotopic (exact) mass is 464 g/mol. The molecule has 0 aliphatic rings. The average molecular weight is 465 g/mol. The molecule has 9 nitrogen and oxygen atoms in total. The van der Waals surface area contributed by atoms with Crippen LogP contribution in [-0.2, 0) is 16.1 Å². The largest absolute Gasteiger partial charge is 0.495 e. The Hall–Kier alpha value is -4.18. The van der Waals surface area contributed by atoms with Gasteiger partial charge in [0.1, 0.15) is 17.0 Å². The minimum atomic E-state index is -0.655. The number of para-hydroxylation sites is 2. The Kier molecular flexibility index (Phi) is 6.09. The zero-order chi connectivity index (χ0) is 23.5. The molecule has 0 atom stereocenters. The first-order valence-corrected chi connectivity index (χ1v) is 10.8. The van der Waals surface area contributed by atoms with Crippen LogP contribution in [0.25, 0.3) is 15.9 Å². The van der Waals surface area contributed by atoms with Crippen LogP contribution in [0.4, 0.5) is 11.4 Å². The summed E-state index contributed by atoms with van der Waals surface area (Å²) < 4.78 is 7.95. The van der Waals surface area contributed by atoms with Gasteiger partial charge in [0.15, 0.2) is 0 Å². The first kappa shape index (κ1) is 22.0. The zero-order valence-electron chi connectivity index (χ0n) is 17.8. The van der Waals surface area contributed by atoms with Crippen molar-refractivity contribution in [3.8, 4) is 11.4 Å². The Morgan fingerprint density at radius 3 is 2.45 bits per heavy atom. The first-order chi connectivity index (χ1) is 15.9. The number of nitrogens with zero attached hydrogens (tertiary/aromatic N) is 2. The number of methoxy groups -OCH3 is 1. The number of aromatic nitrogens is 2. The summed E-state index contributed by atoms with van der Waals surface area (Å²) in [7, 11) is 1.45. The molecule has 0 aliphatic heterocycles. The molecule has 0 unspecified atom stereocenters. The second-order valence-electron chi connectivity index (χ2n) is 7.13. The number of nitrogens with one attached hydrogen (secondary N) is 2. The smallest absolute Gasteiger partial charge is 0.336 e. The van der Waals surface area contributed by atoms with Gasteiger partial charge in [-0.15, -0.1) is 11.3 Å². The molecular weight excluding hydrogens is 444 g/mol. The van der Waals surface area contributed by atoms with Crippen LogP contribution >= 0.6 is 11.3 Å². The summed E-state index contributed by atoms with van der Waals surface area (Å²) in [5.74, 6) is -0.336. The Morgan fingerprint density at radius 1 is 1.00 bits per heavy atom. The summed E-state index contributed by atoms with van der Waals surface area (Å²) >= 11 is 1.19. The van der Waals surface area contributed by atoms with Gasteiger partial charge in [0.25, 0.3) is 5.56 Å². The Morgan fingerprint density at radius 2 is 1.73 bits per heavy atom. The van der Waals surface area contributed by atoms with Crippen molar-refractivity contribution in [1.29, 1.82) is 0 Å². The summed E-state index contributed by atoms with van der Waals surface area (Å²) in [6, 6.07) is 15.0. The van der Waals surface area contributed by atoms with Gasteiger partial charge in [-0.2, -0.15) is 0 Å². The molecule has 0 bridgehead atoms. The van der Waals surface area contributed by atoms with Crippen LogP contribution in [0, 0.1) is 0 Å². The predicted octanol–water partition coefficient (Wildman–Crippen LogP) is 2.82. The van der Waals surface area contributed by atoms with Gasteiger partial charge in [-0.25, -0.2) is 9.36 Å². The van der Waals surface area contributed by atoms with E-state index < -0.39 is 17.2 Å². The van der Waals surface area contributed by atoms with Crippen LogP contribution in [0.1, 0.15) is 6.92 Å². The molecule has 0 spiro atoms. The fourth-order valence-corrected chi connectivity index (χ4v) is 4.31. The number of ether oxygens (including phenoxy) is 1. The number of benzene rings is 2. The maximum absolute atomic E-state index is 13.4. The highest BCUT2D eigenvalue weighted by molar-refractivity contribution is 7.17. The Bertz CT molecular complexity index is 1480. The Balaban J connectivity index is 1.74. The van der Waals surface area contributed by atoms with Gasteiger partial charge in [-0.05, 0) is 41.8 Å². The quantitative estimate of drug-likeness (QED) is 0.456. The van der Waals surface area contributed by atoms with E-state index in [-0.39, 0.29) is 12.5 Å². The normalized spacial score (nSPS) is 10.7. The molecule has 0 radical (unpaired) electrons. The fraction of sp³-hybridized carbons (Fsp3) is 0.130. The molecule has 168 valence electrons. The molecular formula is C23H20N4O5S. The molecule has 0 saturated carbocycles.